The van der Waals surface area contributed by atoms with Gasteiger partial charge in [0.1, 0.15) is 0 Å². The number of aromatic nitrogens is 3. The number of amides is 2. The van der Waals surface area contributed by atoms with Gasteiger partial charge in [0.25, 0.3) is 0 Å². The van der Waals surface area contributed by atoms with E-state index in [0.717, 1.165) is 28.1 Å². The molecule has 0 atom stereocenters. The van der Waals surface area contributed by atoms with Crippen molar-refractivity contribution in [2.45, 2.75) is 12.7 Å². The first kappa shape index (κ1) is 27.6. The quantitative estimate of drug-likeness (QED) is 0.314. The Morgan fingerprint density at radius 3 is 2.50 bits per heavy atom. The Morgan fingerprint density at radius 2 is 1.75 bits per heavy atom. The lowest BCUT2D eigenvalue weighted by molar-refractivity contribution is -0.138. The van der Waals surface area contributed by atoms with Crippen molar-refractivity contribution in [3.63, 3.8) is 0 Å². The number of benzene rings is 2. The Bertz CT molecular complexity index is 1500. The number of urea groups is 1. The van der Waals surface area contributed by atoms with Crippen molar-refractivity contribution >= 4 is 28.3 Å². The number of fused-ring (bicyclic) bond motifs is 1. The zero-order valence-corrected chi connectivity index (χ0v) is 21.9. The van der Waals surface area contributed by atoms with Crippen molar-refractivity contribution in [1.29, 1.82) is 0 Å². The Morgan fingerprint density at radius 1 is 0.975 bits per heavy atom. The van der Waals surface area contributed by atoms with Gasteiger partial charge in [-0.2, -0.15) is 18.3 Å². The highest BCUT2D eigenvalue weighted by Gasteiger charge is 2.34. The third kappa shape index (κ3) is 6.41. The number of pyridine rings is 1. The maximum Gasteiger partial charge on any atom is 0.416 e. The van der Waals surface area contributed by atoms with E-state index in [0.29, 0.717) is 32.7 Å². The van der Waals surface area contributed by atoms with Crippen LogP contribution in [0.25, 0.3) is 22.0 Å². The number of carbonyl (C=O) groups excluding carboxylic acids is 1. The third-order valence-electron chi connectivity index (χ3n) is 7.01. The van der Waals surface area contributed by atoms with Gasteiger partial charge in [-0.1, -0.05) is 18.2 Å². The predicted octanol–water partition coefficient (Wildman–Crippen LogP) is 4.41. The second-order valence-electron chi connectivity index (χ2n) is 9.77. The molecule has 9 nitrogen and oxygen atoms in total. The fourth-order valence-corrected chi connectivity index (χ4v) is 4.93. The predicted molar refractivity (Wildman–Crippen MR) is 147 cm³/mol. The molecule has 12 heteroatoms. The van der Waals surface area contributed by atoms with E-state index in [4.69, 9.17) is 5.11 Å². The minimum absolute atomic E-state index is 0.0273. The number of carbonyl (C=O) groups is 1. The summed E-state index contributed by atoms with van der Waals surface area (Å²) in [6.45, 7) is 3.37. The van der Waals surface area contributed by atoms with Gasteiger partial charge in [0, 0.05) is 81.4 Å². The molecule has 0 bridgehead atoms. The van der Waals surface area contributed by atoms with E-state index in [2.05, 4.69) is 25.6 Å². The number of rotatable bonds is 7. The molecule has 0 radical (unpaired) electrons. The van der Waals surface area contributed by atoms with E-state index in [-0.39, 0.29) is 30.2 Å². The Balaban J connectivity index is 1.26. The number of hydrogen-bond acceptors (Lipinski definition) is 6. The van der Waals surface area contributed by atoms with Gasteiger partial charge in [-0.25, -0.2) is 4.79 Å². The monoisotopic (exact) mass is 553 g/mol. The largest absolute Gasteiger partial charge is 0.416 e. The zero-order valence-electron chi connectivity index (χ0n) is 21.9. The molecule has 0 unspecified atom stereocenters. The third-order valence-corrected chi connectivity index (χ3v) is 7.01. The molecule has 0 saturated carbocycles. The van der Waals surface area contributed by atoms with E-state index in [1.165, 1.54) is 12.1 Å². The number of aliphatic hydroxyl groups is 1. The molecular formula is C28H30F3N7O2. The molecule has 1 fully saturated rings. The molecule has 1 saturated heterocycles. The molecule has 4 aromatic rings. The Hall–Kier alpha value is -4.00. The molecule has 3 N–H and O–H groups in total. The minimum Gasteiger partial charge on any atom is -0.395 e. The van der Waals surface area contributed by atoms with Gasteiger partial charge in [0.15, 0.2) is 5.82 Å². The second-order valence-corrected chi connectivity index (χ2v) is 9.77. The summed E-state index contributed by atoms with van der Waals surface area (Å²) in [6.07, 6.45) is -1.09. The molecule has 2 aromatic heterocycles. The Labute approximate surface area is 229 Å². The number of aliphatic hydroxyl groups excluding tert-OH is 1. The van der Waals surface area contributed by atoms with Crippen molar-refractivity contribution in [3.05, 3.63) is 72.1 Å². The summed E-state index contributed by atoms with van der Waals surface area (Å²) in [7, 11) is 1.74. The number of piperazine rings is 1. The lowest BCUT2D eigenvalue weighted by Crippen LogP contribution is -2.46. The number of halogens is 3. The number of alkyl halides is 3. The SMILES string of the molecule is Cn1nc(NC(=O)Nc2ccc(CN3CCN(CCO)CC3)c(C(F)(F)F)c2)cc1-c1ccc2ccncc2c1. The summed E-state index contributed by atoms with van der Waals surface area (Å²) in [5.41, 5.74) is 1.02. The molecule has 5 rings (SSSR count). The van der Waals surface area contributed by atoms with Crippen LogP contribution in [0.1, 0.15) is 11.1 Å². The smallest absolute Gasteiger partial charge is 0.395 e. The first-order valence-electron chi connectivity index (χ1n) is 12.9. The van der Waals surface area contributed by atoms with E-state index < -0.39 is 17.8 Å². The maximum absolute atomic E-state index is 13.9. The summed E-state index contributed by atoms with van der Waals surface area (Å²) < 4.78 is 43.4. The molecule has 2 aromatic carbocycles. The summed E-state index contributed by atoms with van der Waals surface area (Å²) in [4.78, 5) is 20.9. The molecule has 1 aliphatic rings. The van der Waals surface area contributed by atoms with Crippen LogP contribution in [0.4, 0.5) is 29.5 Å². The number of hydrogen-bond donors (Lipinski definition) is 3. The van der Waals surface area contributed by atoms with Crippen molar-refractivity contribution in [2.75, 3.05) is 50.0 Å². The van der Waals surface area contributed by atoms with Gasteiger partial charge in [0.2, 0.25) is 0 Å². The van der Waals surface area contributed by atoms with Crippen LogP contribution in [-0.2, 0) is 19.8 Å². The number of anilines is 2. The normalized spacial score (nSPS) is 14.9. The molecule has 40 heavy (non-hydrogen) atoms. The first-order chi connectivity index (χ1) is 19.2. The fraction of sp³-hybridized carbons (Fsp3) is 0.321. The van der Waals surface area contributed by atoms with Gasteiger partial charge in [-0.3, -0.25) is 24.8 Å². The first-order valence-corrected chi connectivity index (χ1v) is 12.9. The van der Waals surface area contributed by atoms with E-state index in [9.17, 15) is 18.0 Å². The average molecular weight is 554 g/mol. The van der Waals surface area contributed by atoms with Gasteiger partial charge in [0.05, 0.1) is 17.9 Å². The van der Waals surface area contributed by atoms with Crippen LogP contribution in [0.3, 0.4) is 0 Å². The molecular weight excluding hydrogens is 523 g/mol. The standard InChI is InChI=1S/C28H30F3N7O2/c1-36-25(20-3-2-19-6-7-32-17-22(19)14-20)16-26(35-36)34-27(40)33-23-5-4-21(24(15-23)28(29,30)31)18-38-10-8-37(9-11-38)12-13-39/h2-7,14-17,39H,8-13,18H2,1H3,(H2,33,34,35,40). The summed E-state index contributed by atoms with van der Waals surface area (Å²) in [5, 5.41) is 20.5. The molecule has 1 aliphatic heterocycles. The van der Waals surface area contributed by atoms with Crippen molar-refractivity contribution in [2.24, 2.45) is 7.05 Å². The molecule has 0 aliphatic carbocycles. The second kappa shape index (κ2) is 11.6. The summed E-state index contributed by atoms with van der Waals surface area (Å²) in [5.74, 6) is 0.259. The van der Waals surface area contributed by atoms with E-state index in [1.807, 2.05) is 29.2 Å². The minimum atomic E-state index is -4.58. The fourth-order valence-electron chi connectivity index (χ4n) is 4.93. The summed E-state index contributed by atoms with van der Waals surface area (Å²) >= 11 is 0. The van der Waals surface area contributed by atoms with Gasteiger partial charge in [-0.05, 0) is 35.2 Å². The summed E-state index contributed by atoms with van der Waals surface area (Å²) in [6, 6.07) is 12.6. The number of nitrogens with one attached hydrogen (secondary N) is 2. The van der Waals surface area contributed by atoms with Crippen LogP contribution in [0.15, 0.2) is 60.9 Å². The molecule has 0 spiro atoms. The van der Waals surface area contributed by atoms with Crippen LogP contribution in [0.5, 0.6) is 0 Å². The topological polar surface area (TPSA) is 98.6 Å². The van der Waals surface area contributed by atoms with Crippen LogP contribution in [-0.4, -0.2) is 75.0 Å². The van der Waals surface area contributed by atoms with Gasteiger partial charge >= 0.3 is 12.2 Å². The number of aryl methyl sites for hydroxylation is 1. The van der Waals surface area contributed by atoms with Crippen molar-refractivity contribution in [3.8, 4) is 11.3 Å². The molecule has 3 heterocycles. The van der Waals surface area contributed by atoms with Crippen LogP contribution >= 0.6 is 0 Å². The highest BCUT2D eigenvalue weighted by molar-refractivity contribution is 5.99. The van der Waals surface area contributed by atoms with Gasteiger partial charge in [-0.15, -0.1) is 0 Å². The maximum atomic E-state index is 13.9. The van der Waals surface area contributed by atoms with Crippen LogP contribution in [0, 0.1) is 0 Å². The van der Waals surface area contributed by atoms with E-state index in [1.54, 1.807) is 30.2 Å². The average Bonchev–Trinajstić information content (AvgIpc) is 3.29. The van der Waals surface area contributed by atoms with Crippen molar-refractivity contribution in [1.82, 2.24) is 24.6 Å². The lowest BCUT2D eigenvalue weighted by Gasteiger charge is -2.34. The highest BCUT2D eigenvalue weighted by Crippen LogP contribution is 2.35. The van der Waals surface area contributed by atoms with Crippen LogP contribution < -0.4 is 10.6 Å². The van der Waals surface area contributed by atoms with Crippen molar-refractivity contribution < 1.29 is 23.1 Å². The van der Waals surface area contributed by atoms with E-state index >= 15 is 0 Å². The number of nitrogens with zero attached hydrogens (tertiary/aromatic N) is 5. The van der Waals surface area contributed by atoms with Crippen LogP contribution in [0.2, 0.25) is 0 Å². The molecule has 2 amide bonds. The zero-order chi connectivity index (χ0) is 28.3. The lowest BCUT2D eigenvalue weighted by atomic mass is 10.0. The number of β-amino-alcohol motifs (C(OH)–C–C–N with tert-alkyl or cyclic N) is 1. The highest BCUT2D eigenvalue weighted by atomic mass is 19.4. The molecule has 210 valence electrons. The van der Waals surface area contributed by atoms with Gasteiger partial charge < -0.3 is 10.4 Å². The Kier molecular flexibility index (Phi) is 8.01.